The molecule has 0 saturated heterocycles. The molecule has 0 spiro atoms. The Morgan fingerprint density at radius 2 is 1.65 bits per heavy atom. The van der Waals surface area contributed by atoms with Gasteiger partial charge in [0.15, 0.2) is 0 Å². The van der Waals surface area contributed by atoms with Crippen LogP contribution in [0.2, 0.25) is 0 Å². The number of benzene rings is 2. The van der Waals surface area contributed by atoms with Crippen molar-refractivity contribution in [1.82, 2.24) is 29.6 Å². The third-order valence-corrected chi connectivity index (χ3v) is 4.86. The first-order chi connectivity index (χ1) is 12.6. The molecule has 0 saturated carbocycles. The van der Waals surface area contributed by atoms with Crippen molar-refractivity contribution in [2.24, 2.45) is 14.1 Å². The number of fused-ring (bicyclic) bond motifs is 1. The predicted molar refractivity (Wildman–Crippen MR) is 102 cm³/mol. The SMILES string of the molecule is Cc1nnc(CN[C@H](c2ccccc2)c2nc3ccccc3n2C)n1C. The highest BCUT2D eigenvalue weighted by molar-refractivity contribution is 5.76. The fraction of sp³-hybridized carbons (Fsp3) is 0.250. The molecule has 2 aromatic heterocycles. The van der Waals surface area contributed by atoms with Crippen LogP contribution in [0.25, 0.3) is 11.0 Å². The van der Waals surface area contributed by atoms with E-state index in [1.165, 1.54) is 5.56 Å². The van der Waals surface area contributed by atoms with Crippen LogP contribution in [-0.4, -0.2) is 24.3 Å². The quantitative estimate of drug-likeness (QED) is 0.604. The Kier molecular flexibility index (Phi) is 4.26. The van der Waals surface area contributed by atoms with Gasteiger partial charge in [-0.25, -0.2) is 4.98 Å². The van der Waals surface area contributed by atoms with E-state index in [1.54, 1.807) is 0 Å². The number of imidazole rings is 1. The molecular formula is C20H22N6. The molecule has 2 aromatic carbocycles. The Morgan fingerprint density at radius 3 is 2.35 bits per heavy atom. The molecule has 0 fully saturated rings. The summed E-state index contributed by atoms with van der Waals surface area (Å²) in [6.45, 7) is 2.57. The summed E-state index contributed by atoms with van der Waals surface area (Å²) < 4.78 is 4.16. The van der Waals surface area contributed by atoms with Gasteiger partial charge in [0.05, 0.1) is 23.6 Å². The summed E-state index contributed by atoms with van der Waals surface area (Å²) >= 11 is 0. The van der Waals surface area contributed by atoms with Crippen LogP contribution in [0.4, 0.5) is 0 Å². The van der Waals surface area contributed by atoms with Gasteiger partial charge in [0.25, 0.3) is 0 Å². The molecule has 0 bridgehead atoms. The minimum Gasteiger partial charge on any atom is -0.330 e. The summed E-state index contributed by atoms with van der Waals surface area (Å²) in [5.74, 6) is 2.79. The predicted octanol–water partition coefficient (Wildman–Crippen LogP) is 2.89. The number of nitrogens with zero attached hydrogens (tertiary/aromatic N) is 5. The van der Waals surface area contributed by atoms with Gasteiger partial charge in [-0.15, -0.1) is 10.2 Å². The molecule has 6 heteroatoms. The minimum atomic E-state index is -0.0365. The summed E-state index contributed by atoms with van der Waals surface area (Å²) in [4.78, 5) is 4.89. The van der Waals surface area contributed by atoms with Crippen molar-refractivity contribution >= 4 is 11.0 Å². The van der Waals surface area contributed by atoms with E-state index in [4.69, 9.17) is 4.98 Å². The molecular weight excluding hydrogens is 324 g/mol. The van der Waals surface area contributed by atoms with Crippen molar-refractivity contribution in [1.29, 1.82) is 0 Å². The Bertz CT molecular complexity index is 1030. The van der Waals surface area contributed by atoms with Gasteiger partial charge < -0.3 is 9.13 Å². The molecule has 0 unspecified atom stereocenters. The summed E-state index contributed by atoms with van der Waals surface area (Å²) in [6.07, 6.45) is 0. The van der Waals surface area contributed by atoms with Crippen LogP contribution in [0.15, 0.2) is 54.6 Å². The van der Waals surface area contributed by atoms with Crippen LogP contribution in [0.1, 0.15) is 29.1 Å². The van der Waals surface area contributed by atoms with Gasteiger partial charge in [0.2, 0.25) is 0 Å². The number of aryl methyl sites for hydroxylation is 2. The lowest BCUT2D eigenvalue weighted by Crippen LogP contribution is -2.26. The molecule has 6 nitrogen and oxygen atoms in total. The first kappa shape index (κ1) is 16.5. The maximum Gasteiger partial charge on any atom is 0.146 e. The third kappa shape index (κ3) is 2.88. The topological polar surface area (TPSA) is 60.6 Å². The summed E-state index contributed by atoms with van der Waals surface area (Å²) in [7, 11) is 4.05. The highest BCUT2D eigenvalue weighted by atomic mass is 15.3. The molecule has 0 amide bonds. The van der Waals surface area contributed by atoms with E-state index in [-0.39, 0.29) is 6.04 Å². The molecule has 1 N–H and O–H groups in total. The average molecular weight is 346 g/mol. The van der Waals surface area contributed by atoms with Gasteiger partial charge in [-0.2, -0.15) is 0 Å². The van der Waals surface area contributed by atoms with Gasteiger partial charge in [0, 0.05) is 14.1 Å². The second kappa shape index (κ2) is 6.72. The van der Waals surface area contributed by atoms with Crippen molar-refractivity contribution < 1.29 is 0 Å². The van der Waals surface area contributed by atoms with E-state index in [0.717, 1.165) is 28.5 Å². The van der Waals surface area contributed by atoms with Crippen molar-refractivity contribution in [3.05, 3.63) is 77.6 Å². The molecule has 0 aliphatic rings. The maximum atomic E-state index is 4.89. The van der Waals surface area contributed by atoms with Gasteiger partial charge in [-0.05, 0) is 24.6 Å². The zero-order valence-electron chi connectivity index (χ0n) is 15.2. The summed E-state index contributed by atoms with van der Waals surface area (Å²) in [5, 5.41) is 12.0. The largest absolute Gasteiger partial charge is 0.330 e. The first-order valence-corrected chi connectivity index (χ1v) is 8.69. The van der Waals surface area contributed by atoms with Gasteiger partial charge in [-0.3, -0.25) is 5.32 Å². The van der Waals surface area contributed by atoms with E-state index < -0.39 is 0 Å². The lowest BCUT2D eigenvalue weighted by molar-refractivity contribution is 0.538. The zero-order chi connectivity index (χ0) is 18.1. The van der Waals surface area contributed by atoms with Crippen molar-refractivity contribution in [3.8, 4) is 0 Å². The fourth-order valence-electron chi connectivity index (χ4n) is 3.22. The Balaban J connectivity index is 1.73. The molecule has 2 heterocycles. The molecule has 4 rings (SSSR count). The Labute approximate surface area is 152 Å². The zero-order valence-corrected chi connectivity index (χ0v) is 15.2. The average Bonchev–Trinajstić information content (AvgIpc) is 3.17. The van der Waals surface area contributed by atoms with Crippen LogP contribution in [0.5, 0.6) is 0 Å². The molecule has 4 aromatic rings. The van der Waals surface area contributed by atoms with E-state index in [1.807, 2.05) is 42.8 Å². The third-order valence-electron chi connectivity index (χ3n) is 4.86. The number of hydrogen-bond acceptors (Lipinski definition) is 4. The van der Waals surface area contributed by atoms with E-state index in [9.17, 15) is 0 Å². The molecule has 1 atom stereocenters. The summed E-state index contributed by atoms with van der Waals surface area (Å²) in [6, 6.07) is 18.6. The van der Waals surface area contributed by atoms with Crippen molar-refractivity contribution in [2.45, 2.75) is 19.5 Å². The monoisotopic (exact) mass is 346 g/mol. The second-order valence-corrected chi connectivity index (χ2v) is 6.46. The lowest BCUT2D eigenvalue weighted by Gasteiger charge is -2.19. The highest BCUT2D eigenvalue weighted by Gasteiger charge is 2.21. The molecule has 0 aliphatic carbocycles. The summed E-state index contributed by atoms with van der Waals surface area (Å²) in [5.41, 5.74) is 3.30. The van der Waals surface area contributed by atoms with Crippen LogP contribution >= 0.6 is 0 Å². The number of rotatable bonds is 5. The Morgan fingerprint density at radius 1 is 0.923 bits per heavy atom. The lowest BCUT2D eigenvalue weighted by atomic mass is 10.1. The number of para-hydroxylation sites is 2. The smallest absolute Gasteiger partial charge is 0.146 e. The normalized spacial score (nSPS) is 12.6. The first-order valence-electron chi connectivity index (χ1n) is 8.69. The second-order valence-electron chi connectivity index (χ2n) is 6.46. The van der Waals surface area contributed by atoms with Crippen LogP contribution < -0.4 is 5.32 Å². The number of hydrogen-bond donors (Lipinski definition) is 1. The van der Waals surface area contributed by atoms with E-state index in [2.05, 4.69) is 57.5 Å². The van der Waals surface area contributed by atoms with Crippen LogP contribution in [0.3, 0.4) is 0 Å². The highest BCUT2D eigenvalue weighted by Crippen LogP contribution is 2.25. The minimum absolute atomic E-state index is 0.0365. The van der Waals surface area contributed by atoms with E-state index >= 15 is 0 Å². The van der Waals surface area contributed by atoms with Gasteiger partial charge in [-0.1, -0.05) is 42.5 Å². The molecule has 26 heavy (non-hydrogen) atoms. The molecule has 132 valence electrons. The Hall–Kier alpha value is -2.99. The molecule has 0 aliphatic heterocycles. The van der Waals surface area contributed by atoms with Crippen LogP contribution in [-0.2, 0) is 20.6 Å². The maximum absolute atomic E-state index is 4.89. The van der Waals surface area contributed by atoms with Crippen LogP contribution in [0, 0.1) is 6.92 Å². The van der Waals surface area contributed by atoms with Gasteiger partial charge >= 0.3 is 0 Å². The number of nitrogens with one attached hydrogen (secondary N) is 1. The van der Waals surface area contributed by atoms with Gasteiger partial charge in [0.1, 0.15) is 17.5 Å². The standard InChI is InChI=1S/C20H22N6/c1-14-23-24-18(25(14)2)13-21-19(15-9-5-4-6-10-15)20-22-16-11-7-8-12-17(16)26(20)3/h4-12,19,21H,13H2,1-3H3/t19-/m1/s1. The van der Waals surface area contributed by atoms with Crippen molar-refractivity contribution in [2.75, 3.05) is 0 Å². The van der Waals surface area contributed by atoms with E-state index in [0.29, 0.717) is 6.54 Å². The fourth-order valence-corrected chi connectivity index (χ4v) is 3.22. The molecule has 0 radical (unpaired) electrons. The van der Waals surface area contributed by atoms with Crippen molar-refractivity contribution in [3.63, 3.8) is 0 Å². The number of aromatic nitrogens is 5.